The third-order valence-corrected chi connectivity index (χ3v) is 12.3. The summed E-state index contributed by atoms with van der Waals surface area (Å²) in [7, 11) is 0. The van der Waals surface area contributed by atoms with Crippen LogP contribution < -0.4 is 0 Å². The van der Waals surface area contributed by atoms with E-state index < -0.39 is 24.3 Å². The van der Waals surface area contributed by atoms with Gasteiger partial charge in [0, 0.05) is 39.0 Å². The summed E-state index contributed by atoms with van der Waals surface area (Å²) >= 11 is 0. The van der Waals surface area contributed by atoms with Crippen LogP contribution in [0.2, 0.25) is 0 Å². The number of unbranched alkanes of at least 4 members (excludes halogenated alkanes) is 25. The van der Waals surface area contributed by atoms with E-state index >= 15 is 0 Å². The maximum absolute atomic E-state index is 13.0. The zero-order valence-corrected chi connectivity index (χ0v) is 44.2. The fourth-order valence-corrected chi connectivity index (χ4v) is 7.84. The van der Waals surface area contributed by atoms with Crippen molar-refractivity contribution in [3.05, 3.63) is 0 Å². The highest BCUT2D eigenvalue weighted by molar-refractivity contribution is 5.70. The highest BCUT2D eigenvalue weighted by Gasteiger charge is 2.20. The molecule has 12 heteroatoms. The summed E-state index contributed by atoms with van der Waals surface area (Å²) in [5.74, 6) is -1.32. The summed E-state index contributed by atoms with van der Waals surface area (Å²) in [4.78, 5) is 52.4. The summed E-state index contributed by atoms with van der Waals surface area (Å²) in [5, 5.41) is 0. The Morgan fingerprint density at radius 2 is 0.716 bits per heavy atom. The smallest absolute Gasteiger partial charge is 0.466 e. The number of carbonyl (C=O) groups excluding carboxylic acids is 4. The predicted molar refractivity (Wildman–Crippen MR) is 271 cm³/mol. The molecular weight excluding hydrogens is 851 g/mol. The summed E-state index contributed by atoms with van der Waals surface area (Å²) in [6.45, 7) is 15.3. The van der Waals surface area contributed by atoms with E-state index in [1.807, 2.05) is 0 Å². The van der Waals surface area contributed by atoms with Gasteiger partial charge in [-0.2, -0.15) is 0 Å². The first-order valence-electron chi connectivity index (χ1n) is 28.0. The van der Waals surface area contributed by atoms with Gasteiger partial charge in [0.15, 0.2) is 6.29 Å². The zero-order chi connectivity index (χ0) is 49.1. The highest BCUT2D eigenvalue weighted by atomic mass is 16.7. The van der Waals surface area contributed by atoms with Crippen LogP contribution in [0, 0.1) is 5.92 Å². The number of ether oxygens (including phenoxy) is 7. The standard InChI is InChI=1S/C55H105NO11/c1-6-11-14-17-20-26-31-34-43-61-51(57)38-32-27-24-22-21-23-25-28-33-39-52(58)65-47-50(49-67-55(60)64-46-37-42-56(9-4)10-5)48-66-53(59)40-41-54(62-44-35-29-18-15-12-7-2)63-45-36-30-19-16-13-8-3/h50,54H,6-49H2,1-5H3. The molecule has 0 aliphatic carbocycles. The molecular formula is C55H105NO11. The van der Waals surface area contributed by atoms with Gasteiger partial charge in [0.25, 0.3) is 0 Å². The van der Waals surface area contributed by atoms with Gasteiger partial charge < -0.3 is 38.1 Å². The molecule has 0 radical (unpaired) electrons. The van der Waals surface area contributed by atoms with E-state index in [1.54, 1.807) is 0 Å². The van der Waals surface area contributed by atoms with Crippen molar-refractivity contribution in [2.75, 3.05) is 65.9 Å². The fraction of sp³-hybridized carbons (Fsp3) is 0.927. The van der Waals surface area contributed by atoms with Crippen LogP contribution in [0.3, 0.4) is 0 Å². The van der Waals surface area contributed by atoms with Crippen molar-refractivity contribution in [3.8, 4) is 0 Å². The van der Waals surface area contributed by atoms with Crippen molar-refractivity contribution >= 4 is 24.1 Å². The lowest BCUT2D eigenvalue weighted by Crippen LogP contribution is -2.28. The molecule has 0 aromatic carbocycles. The van der Waals surface area contributed by atoms with Gasteiger partial charge in [-0.3, -0.25) is 14.4 Å². The molecule has 0 aliphatic heterocycles. The zero-order valence-electron chi connectivity index (χ0n) is 44.2. The van der Waals surface area contributed by atoms with E-state index in [4.69, 9.17) is 33.2 Å². The van der Waals surface area contributed by atoms with Gasteiger partial charge in [-0.05, 0) is 51.6 Å². The van der Waals surface area contributed by atoms with Gasteiger partial charge in [-0.1, -0.05) is 189 Å². The quantitative estimate of drug-likeness (QED) is 0.0248. The number of rotatable bonds is 52. The Labute approximate surface area is 411 Å². The van der Waals surface area contributed by atoms with Gasteiger partial charge in [0.05, 0.1) is 25.6 Å². The Balaban J connectivity index is 4.64. The molecule has 1 atom stereocenters. The number of hydrogen-bond donors (Lipinski definition) is 0. The predicted octanol–water partition coefficient (Wildman–Crippen LogP) is 14.4. The molecule has 0 spiro atoms. The first kappa shape index (κ1) is 64.6. The largest absolute Gasteiger partial charge is 0.508 e. The molecule has 1 unspecified atom stereocenters. The van der Waals surface area contributed by atoms with Crippen LogP contribution in [0.15, 0.2) is 0 Å². The van der Waals surface area contributed by atoms with E-state index in [-0.39, 0.29) is 44.8 Å². The summed E-state index contributed by atoms with van der Waals surface area (Å²) < 4.78 is 39.5. The first-order chi connectivity index (χ1) is 32.8. The first-order valence-corrected chi connectivity index (χ1v) is 28.0. The Bertz CT molecular complexity index is 1090. The Morgan fingerprint density at radius 3 is 1.16 bits per heavy atom. The van der Waals surface area contributed by atoms with E-state index in [1.165, 1.54) is 89.9 Å². The molecule has 0 saturated carbocycles. The van der Waals surface area contributed by atoms with Gasteiger partial charge in [0.1, 0.15) is 19.8 Å². The maximum Gasteiger partial charge on any atom is 0.508 e. The van der Waals surface area contributed by atoms with Crippen LogP contribution in [-0.4, -0.2) is 101 Å². The highest BCUT2D eigenvalue weighted by Crippen LogP contribution is 2.15. The van der Waals surface area contributed by atoms with Gasteiger partial charge >= 0.3 is 24.1 Å². The molecule has 0 N–H and O–H groups in total. The summed E-state index contributed by atoms with van der Waals surface area (Å²) in [5.41, 5.74) is 0. The van der Waals surface area contributed by atoms with Crippen LogP contribution in [0.4, 0.5) is 4.79 Å². The van der Waals surface area contributed by atoms with E-state index in [2.05, 4.69) is 39.5 Å². The molecule has 0 amide bonds. The molecule has 396 valence electrons. The molecule has 0 aromatic heterocycles. The van der Waals surface area contributed by atoms with Gasteiger partial charge in [0.2, 0.25) is 0 Å². The van der Waals surface area contributed by atoms with Crippen LogP contribution in [0.5, 0.6) is 0 Å². The number of carbonyl (C=O) groups is 4. The Morgan fingerprint density at radius 1 is 0.358 bits per heavy atom. The number of nitrogens with zero attached hydrogens (tertiary/aromatic N) is 1. The van der Waals surface area contributed by atoms with E-state index in [0.29, 0.717) is 45.5 Å². The monoisotopic (exact) mass is 956 g/mol. The van der Waals surface area contributed by atoms with Crippen molar-refractivity contribution < 1.29 is 52.3 Å². The summed E-state index contributed by atoms with van der Waals surface area (Å²) in [6.07, 6.45) is 33.9. The second kappa shape index (κ2) is 51.4. The molecule has 0 heterocycles. The van der Waals surface area contributed by atoms with Crippen molar-refractivity contribution in [1.29, 1.82) is 0 Å². The van der Waals surface area contributed by atoms with Crippen LogP contribution in [0.1, 0.15) is 253 Å². The lowest BCUT2D eigenvalue weighted by atomic mass is 10.1. The van der Waals surface area contributed by atoms with Crippen molar-refractivity contribution in [2.24, 2.45) is 5.92 Å². The molecule has 0 aromatic rings. The van der Waals surface area contributed by atoms with Crippen LogP contribution in [0.25, 0.3) is 0 Å². The minimum atomic E-state index is -0.792. The molecule has 0 aliphatic rings. The van der Waals surface area contributed by atoms with E-state index in [0.717, 1.165) is 116 Å². The number of hydrogen-bond acceptors (Lipinski definition) is 12. The van der Waals surface area contributed by atoms with Crippen molar-refractivity contribution in [1.82, 2.24) is 4.90 Å². The Kier molecular flexibility index (Phi) is 49.5. The SMILES string of the molecule is CCCCCCCCCCOC(=O)CCCCCCCCCCCC(=O)OCC(COC(=O)CCC(OCCCCCCCC)OCCCCCCCC)COC(=O)OCCCN(CC)CC. The topological polar surface area (TPSA) is 136 Å². The second-order valence-electron chi connectivity index (χ2n) is 18.6. The maximum atomic E-state index is 13.0. The summed E-state index contributed by atoms with van der Waals surface area (Å²) in [6, 6.07) is 0. The molecule has 67 heavy (non-hydrogen) atoms. The van der Waals surface area contributed by atoms with Gasteiger partial charge in [-0.15, -0.1) is 0 Å². The Hall–Kier alpha value is -2.44. The molecule has 0 bridgehead atoms. The van der Waals surface area contributed by atoms with Crippen molar-refractivity contribution in [3.63, 3.8) is 0 Å². The third-order valence-electron chi connectivity index (χ3n) is 12.3. The van der Waals surface area contributed by atoms with Crippen molar-refractivity contribution in [2.45, 2.75) is 259 Å². The minimum absolute atomic E-state index is 0.0380. The third kappa shape index (κ3) is 47.0. The average Bonchev–Trinajstić information content (AvgIpc) is 3.33. The average molecular weight is 956 g/mol. The minimum Gasteiger partial charge on any atom is -0.466 e. The fourth-order valence-electron chi connectivity index (χ4n) is 7.84. The lowest BCUT2D eigenvalue weighted by molar-refractivity contribution is -0.161. The van der Waals surface area contributed by atoms with Gasteiger partial charge in [-0.25, -0.2) is 4.79 Å². The molecule has 0 saturated heterocycles. The van der Waals surface area contributed by atoms with Crippen LogP contribution >= 0.6 is 0 Å². The normalized spacial score (nSPS) is 11.9. The molecule has 0 rings (SSSR count). The molecule has 0 fully saturated rings. The molecule has 12 nitrogen and oxygen atoms in total. The number of esters is 3. The lowest BCUT2D eigenvalue weighted by Gasteiger charge is -2.20. The van der Waals surface area contributed by atoms with E-state index in [9.17, 15) is 19.2 Å². The van der Waals surface area contributed by atoms with Crippen LogP contribution in [-0.2, 0) is 47.5 Å². The second-order valence-corrected chi connectivity index (χ2v) is 18.6.